The van der Waals surface area contributed by atoms with E-state index in [9.17, 15) is 14.0 Å². The van der Waals surface area contributed by atoms with Crippen molar-refractivity contribution in [1.29, 1.82) is 0 Å². The van der Waals surface area contributed by atoms with E-state index in [2.05, 4.69) is 27.4 Å². The summed E-state index contributed by atoms with van der Waals surface area (Å²) >= 11 is 1.24. The van der Waals surface area contributed by atoms with Crippen LogP contribution in [-0.2, 0) is 11.3 Å². The molecule has 2 N–H and O–H groups in total. The number of nitrogens with zero attached hydrogens (tertiary/aromatic N) is 3. The van der Waals surface area contributed by atoms with Crippen LogP contribution in [0.5, 0.6) is 0 Å². The van der Waals surface area contributed by atoms with Gasteiger partial charge >= 0.3 is 0 Å². The fraction of sp³-hybridized carbons (Fsp3) is 0.280. The Morgan fingerprint density at radius 2 is 1.85 bits per heavy atom. The van der Waals surface area contributed by atoms with E-state index in [0.717, 1.165) is 22.4 Å². The van der Waals surface area contributed by atoms with E-state index in [0.29, 0.717) is 17.5 Å². The second-order valence-corrected chi connectivity index (χ2v) is 8.97. The molecule has 3 aromatic rings. The largest absolute Gasteiger partial charge is 0.342 e. The van der Waals surface area contributed by atoms with Crippen LogP contribution in [0.1, 0.15) is 45.8 Å². The van der Waals surface area contributed by atoms with Gasteiger partial charge in [-0.25, -0.2) is 4.39 Å². The third-order valence-electron chi connectivity index (χ3n) is 5.18. The number of nitrogens with one attached hydrogen (secondary N) is 2. The van der Waals surface area contributed by atoms with Crippen LogP contribution in [0.2, 0.25) is 0 Å². The highest BCUT2D eigenvalue weighted by molar-refractivity contribution is 7.99. The summed E-state index contributed by atoms with van der Waals surface area (Å²) in [5, 5.41) is 14.7. The van der Waals surface area contributed by atoms with E-state index in [4.69, 9.17) is 0 Å². The maximum Gasteiger partial charge on any atom is 0.254 e. The van der Waals surface area contributed by atoms with Gasteiger partial charge in [0.2, 0.25) is 5.91 Å². The number of rotatable bonds is 9. The van der Waals surface area contributed by atoms with Crippen LogP contribution < -0.4 is 10.6 Å². The molecule has 1 atom stereocenters. The fourth-order valence-electron chi connectivity index (χ4n) is 3.69. The number of aryl methyl sites for hydroxylation is 3. The monoisotopic (exact) mass is 481 g/mol. The average Bonchev–Trinajstić information content (AvgIpc) is 3.18. The molecule has 7 nitrogen and oxygen atoms in total. The Labute approximate surface area is 202 Å². The molecule has 1 heterocycles. The first kappa shape index (κ1) is 25.2. The molecule has 2 aromatic carbocycles. The summed E-state index contributed by atoms with van der Waals surface area (Å²) in [5.74, 6) is -0.677. The van der Waals surface area contributed by atoms with Crippen LogP contribution in [0.3, 0.4) is 0 Å². The van der Waals surface area contributed by atoms with Gasteiger partial charge in [-0.15, -0.1) is 16.8 Å². The van der Waals surface area contributed by atoms with Crippen LogP contribution >= 0.6 is 11.8 Å². The smallest absolute Gasteiger partial charge is 0.254 e. The number of halogens is 1. The minimum atomic E-state index is -0.596. The normalized spacial score (nSPS) is 11.7. The maximum absolute atomic E-state index is 14.0. The number of thioether (sulfide) groups is 1. The number of aromatic nitrogens is 3. The minimum absolute atomic E-state index is 0.0444. The van der Waals surface area contributed by atoms with Crippen molar-refractivity contribution in [2.75, 3.05) is 11.1 Å². The zero-order valence-electron chi connectivity index (χ0n) is 19.7. The molecule has 9 heteroatoms. The summed E-state index contributed by atoms with van der Waals surface area (Å²) < 4.78 is 15.7. The Morgan fingerprint density at radius 1 is 1.18 bits per heavy atom. The van der Waals surface area contributed by atoms with Crippen LogP contribution in [-0.4, -0.2) is 32.3 Å². The Balaban J connectivity index is 1.70. The van der Waals surface area contributed by atoms with Crippen molar-refractivity contribution in [1.82, 2.24) is 20.1 Å². The zero-order chi connectivity index (χ0) is 24.8. The van der Waals surface area contributed by atoms with Gasteiger partial charge in [0.15, 0.2) is 11.0 Å². The van der Waals surface area contributed by atoms with E-state index < -0.39 is 17.8 Å². The number of amides is 2. The zero-order valence-corrected chi connectivity index (χ0v) is 20.5. The fourth-order valence-corrected chi connectivity index (χ4v) is 4.45. The lowest BCUT2D eigenvalue weighted by molar-refractivity contribution is -0.113. The molecule has 1 unspecified atom stereocenters. The summed E-state index contributed by atoms with van der Waals surface area (Å²) in [5.41, 5.74) is 3.93. The van der Waals surface area contributed by atoms with Gasteiger partial charge < -0.3 is 15.2 Å². The third-order valence-corrected chi connectivity index (χ3v) is 6.15. The van der Waals surface area contributed by atoms with Gasteiger partial charge in [-0.1, -0.05) is 47.7 Å². The molecule has 0 bridgehead atoms. The minimum Gasteiger partial charge on any atom is -0.342 e. The molecule has 178 valence electrons. The van der Waals surface area contributed by atoms with Crippen molar-refractivity contribution in [2.24, 2.45) is 0 Å². The first-order valence-electron chi connectivity index (χ1n) is 10.8. The van der Waals surface area contributed by atoms with Crippen LogP contribution in [0.15, 0.2) is 54.2 Å². The predicted molar refractivity (Wildman–Crippen MR) is 133 cm³/mol. The van der Waals surface area contributed by atoms with E-state index in [1.54, 1.807) is 23.6 Å². The highest BCUT2D eigenvalue weighted by Gasteiger charge is 2.21. The molecule has 0 aliphatic rings. The van der Waals surface area contributed by atoms with Crippen molar-refractivity contribution >= 4 is 29.3 Å². The van der Waals surface area contributed by atoms with Crippen molar-refractivity contribution in [3.05, 3.63) is 82.9 Å². The van der Waals surface area contributed by atoms with Gasteiger partial charge in [0, 0.05) is 12.2 Å². The SMILES string of the molecule is C=CCn1c(SCC(=O)Nc2c(C)cc(C)cc2C)nnc1C(C)NC(=O)c1ccccc1F. The number of carbonyl (C=O) groups is 2. The quantitative estimate of drug-likeness (QED) is 0.340. The summed E-state index contributed by atoms with van der Waals surface area (Å²) in [7, 11) is 0. The van der Waals surface area contributed by atoms with Crippen molar-refractivity contribution < 1.29 is 14.0 Å². The molecule has 34 heavy (non-hydrogen) atoms. The second-order valence-electron chi connectivity index (χ2n) is 8.03. The van der Waals surface area contributed by atoms with Gasteiger partial charge in [0.1, 0.15) is 5.82 Å². The van der Waals surface area contributed by atoms with Gasteiger partial charge in [0.25, 0.3) is 5.91 Å². The Kier molecular flexibility index (Phi) is 8.22. The molecule has 0 aliphatic carbocycles. The van der Waals surface area contributed by atoms with Gasteiger partial charge in [-0.2, -0.15) is 0 Å². The van der Waals surface area contributed by atoms with Crippen molar-refractivity contribution in [3.8, 4) is 0 Å². The average molecular weight is 482 g/mol. The number of benzene rings is 2. The standard InChI is InChI=1S/C25H28FN5O2S/c1-6-11-31-23(18(5)27-24(33)19-9-7-8-10-20(19)26)29-30-25(31)34-14-21(32)28-22-16(3)12-15(2)13-17(22)4/h6-10,12-13,18H,1,11,14H2,2-5H3,(H,27,33)(H,28,32). The van der Waals surface area contributed by atoms with Gasteiger partial charge in [-0.3, -0.25) is 9.59 Å². The number of hydrogen-bond acceptors (Lipinski definition) is 5. The molecule has 0 aliphatic heterocycles. The Hall–Kier alpha value is -3.46. The summed E-state index contributed by atoms with van der Waals surface area (Å²) in [6.07, 6.45) is 1.68. The topological polar surface area (TPSA) is 88.9 Å². The molecular formula is C25H28FN5O2S. The van der Waals surface area contributed by atoms with Gasteiger partial charge in [-0.05, 0) is 51.0 Å². The molecule has 0 saturated carbocycles. The van der Waals surface area contributed by atoms with Crippen molar-refractivity contribution in [2.45, 2.75) is 45.4 Å². The Bertz CT molecular complexity index is 1200. The summed E-state index contributed by atoms with van der Waals surface area (Å²) in [4.78, 5) is 25.1. The predicted octanol–water partition coefficient (Wildman–Crippen LogP) is 4.75. The van der Waals surface area contributed by atoms with Crippen LogP contribution in [0.25, 0.3) is 0 Å². The maximum atomic E-state index is 14.0. The highest BCUT2D eigenvalue weighted by Crippen LogP contribution is 2.24. The first-order chi connectivity index (χ1) is 16.2. The Morgan fingerprint density at radius 3 is 2.50 bits per heavy atom. The summed E-state index contributed by atoms with van der Waals surface area (Å²) in [6, 6.07) is 9.29. The lowest BCUT2D eigenvalue weighted by atomic mass is 10.1. The summed E-state index contributed by atoms with van der Waals surface area (Å²) in [6.45, 7) is 11.9. The van der Waals surface area contributed by atoms with E-state index in [1.165, 1.54) is 30.0 Å². The number of carbonyl (C=O) groups excluding carboxylic acids is 2. The molecule has 0 fully saturated rings. The first-order valence-corrected chi connectivity index (χ1v) is 11.8. The molecule has 0 radical (unpaired) electrons. The van der Waals surface area contributed by atoms with E-state index in [1.807, 2.05) is 32.9 Å². The molecule has 0 spiro atoms. The van der Waals surface area contributed by atoms with Crippen molar-refractivity contribution in [3.63, 3.8) is 0 Å². The number of anilines is 1. The number of hydrogen-bond donors (Lipinski definition) is 2. The van der Waals surface area contributed by atoms with Crippen LogP contribution in [0, 0.1) is 26.6 Å². The van der Waals surface area contributed by atoms with Crippen LogP contribution in [0.4, 0.5) is 10.1 Å². The lowest BCUT2D eigenvalue weighted by Gasteiger charge is -2.16. The van der Waals surface area contributed by atoms with E-state index in [-0.39, 0.29) is 17.2 Å². The van der Waals surface area contributed by atoms with E-state index >= 15 is 0 Å². The second kappa shape index (κ2) is 11.1. The highest BCUT2D eigenvalue weighted by atomic mass is 32.2. The molecule has 1 aromatic heterocycles. The molecule has 2 amide bonds. The number of allylic oxidation sites excluding steroid dienone is 1. The molecule has 0 saturated heterocycles. The molecule has 3 rings (SSSR count). The lowest BCUT2D eigenvalue weighted by Crippen LogP contribution is -2.29. The molecular weight excluding hydrogens is 453 g/mol. The van der Waals surface area contributed by atoms with Gasteiger partial charge in [0.05, 0.1) is 17.4 Å². The third kappa shape index (κ3) is 5.91.